The van der Waals surface area contributed by atoms with Crippen LogP contribution in [0.1, 0.15) is 57.5 Å². The summed E-state index contributed by atoms with van der Waals surface area (Å²) in [7, 11) is 3.88. The van der Waals surface area contributed by atoms with Crippen molar-refractivity contribution in [2.24, 2.45) is 14.1 Å². The standard InChI is InChI=1S/C21H21N3OS.C19H18FN3OS/c1-24-20(16-8-3-2-4-9-16)22-23-21(24)26-14-19(25)18-12-11-15-7-5-6-10-17(15)13-18;1-23-18(15-6-3-2-4-7-15)21-22-19(23)25-13-5-8-17(24)14-9-11-16(20)12-10-14/h2-4,8-9,11-13H,5-7,10,14H2,1H3;2-4,6-7,9-12H,5,8,13H2,1H3. The first-order chi connectivity index (χ1) is 24.9. The van der Waals surface area contributed by atoms with E-state index in [1.54, 1.807) is 11.8 Å². The molecule has 2 heterocycles. The number of hydrogen-bond acceptors (Lipinski definition) is 8. The predicted molar refractivity (Wildman–Crippen MR) is 202 cm³/mol. The average molecular weight is 719 g/mol. The summed E-state index contributed by atoms with van der Waals surface area (Å²) in [5.41, 5.74) is 6.16. The van der Waals surface area contributed by atoms with Crippen LogP contribution in [0.2, 0.25) is 0 Å². The molecule has 4 aromatic carbocycles. The molecule has 0 aliphatic heterocycles. The van der Waals surface area contributed by atoms with Gasteiger partial charge >= 0.3 is 0 Å². The molecule has 0 atom stereocenters. The van der Waals surface area contributed by atoms with Gasteiger partial charge in [-0.3, -0.25) is 9.59 Å². The summed E-state index contributed by atoms with van der Waals surface area (Å²) in [5, 5.41) is 18.6. The van der Waals surface area contributed by atoms with Crippen LogP contribution in [-0.4, -0.2) is 52.6 Å². The number of fused-ring (bicyclic) bond motifs is 1. The lowest BCUT2D eigenvalue weighted by molar-refractivity contribution is 0.0980. The van der Waals surface area contributed by atoms with Gasteiger partial charge in [-0.15, -0.1) is 20.4 Å². The maximum absolute atomic E-state index is 12.9. The van der Waals surface area contributed by atoms with E-state index in [4.69, 9.17) is 0 Å². The lowest BCUT2D eigenvalue weighted by Gasteiger charge is -2.16. The first kappa shape index (κ1) is 35.9. The van der Waals surface area contributed by atoms with E-state index < -0.39 is 0 Å². The average Bonchev–Trinajstić information content (AvgIpc) is 3.74. The summed E-state index contributed by atoms with van der Waals surface area (Å²) in [5.74, 6) is 2.63. The molecule has 11 heteroatoms. The number of thioether (sulfide) groups is 2. The molecule has 1 aliphatic rings. The van der Waals surface area contributed by atoms with Crippen molar-refractivity contribution in [3.05, 3.63) is 131 Å². The fourth-order valence-electron chi connectivity index (χ4n) is 5.86. The largest absolute Gasteiger partial charge is 0.305 e. The van der Waals surface area contributed by atoms with Crippen molar-refractivity contribution in [3.63, 3.8) is 0 Å². The van der Waals surface area contributed by atoms with Crippen molar-refractivity contribution in [1.82, 2.24) is 29.5 Å². The van der Waals surface area contributed by atoms with Crippen LogP contribution in [0.5, 0.6) is 0 Å². The van der Waals surface area contributed by atoms with Crippen molar-refractivity contribution in [1.29, 1.82) is 0 Å². The minimum atomic E-state index is -0.330. The summed E-state index contributed by atoms with van der Waals surface area (Å²) in [6.07, 6.45) is 5.87. The second-order valence-electron chi connectivity index (χ2n) is 12.2. The van der Waals surface area contributed by atoms with Gasteiger partial charge in [-0.25, -0.2) is 4.39 Å². The van der Waals surface area contributed by atoms with Crippen LogP contribution in [-0.2, 0) is 26.9 Å². The fraction of sp³-hybridized carbons (Fsp3) is 0.250. The highest BCUT2D eigenvalue weighted by molar-refractivity contribution is 7.99. The third kappa shape index (κ3) is 9.28. The molecule has 0 saturated heterocycles. The van der Waals surface area contributed by atoms with Gasteiger partial charge in [0.25, 0.3) is 0 Å². The van der Waals surface area contributed by atoms with Gasteiger partial charge in [0.1, 0.15) is 5.82 Å². The SMILES string of the molecule is Cn1c(SCC(=O)c2ccc3c(c2)CCCC3)nnc1-c1ccccc1.Cn1c(SCCCC(=O)c2ccc(F)cc2)nnc1-c1ccccc1. The van der Waals surface area contributed by atoms with Crippen LogP contribution < -0.4 is 0 Å². The Morgan fingerprint density at radius 3 is 1.80 bits per heavy atom. The van der Waals surface area contributed by atoms with E-state index >= 15 is 0 Å². The number of aryl methyl sites for hydroxylation is 2. The van der Waals surface area contributed by atoms with Crippen LogP contribution in [0.15, 0.2) is 113 Å². The molecule has 51 heavy (non-hydrogen) atoms. The number of hydrogen-bond donors (Lipinski definition) is 0. The molecule has 0 spiro atoms. The molecule has 2 aromatic heterocycles. The van der Waals surface area contributed by atoms with Gasteiger partial charge in [0.2, 0.25) is 0 Å². The molecule has 0 bridgehead atoms. The number of halogens is 1. The zero-order valence-electron chi connectivity index (χ0n) is 28.7. The second-order valence-corrected chi connectivity index (χ2v) is 14.3. The lowest BCUT2D eigenvalue weighted by Crippen LogP contribution is -2.08. The predicted octanol–water partition coefficient (Wildman–Crippen LogP) is 8.71. The minimum Gasteiger partial charge on any atom is -0.305 e. The van der Waals surface area contributed by atoms with Gasteiger partial charge in [0, 0.05) is 48.5 Å². The minimum absolute atomic E-state index is 0.0311. The van der Waals surface area contributed by atoms with Crippen molar-refractivity contribution in [2.75, 3.05) is 11.5 Å². The van der Waals surface area contributed by atoms with Crippen molar-refractivity contribution < 1.29 is 14.0 Å². The van der Waals surface area contributed by atoms with Crippen LogP contribution in [0.3, 0.4) is 0 Å². The monoisotopic (exact) mass is 718 g/mol. The Morgan fingerprint density at radius 2 is 1.20 bits per heavy atom. The molecule has 7 rings (SSSR count). The number of carbonyl (C=O) groups is 2. The van der Waals surface area contributed by atoms with Crippen LogP contribution >= 0.6 is 23.5 Å². The molecule has 1 aliphatic carbocycles. The second kappa shape index (κ2) is 17.4. The topological polar surface area (TPSA) is 95.6 Å². The maximum atomic E-state index is 12.9. The van der Waals surface area contributed by atoms with E-state index in [0.29, 0.717) is 17.7 Å². The van der Waals surface area contributed by atoms with E-state index in [2.05, 4.69) is 32.5 Å². The van der Waals surface area contributed by atoms with Crippen LogP contribution in [0.25, 0.3) is 22.8 Å². The highest BCUT2D eigenvalue weighted by atomic mass is 32.2. The molecule has 0 fully saturated rings. The normalized spacial score (nSPS) is 12.1. The van der Waals surface area contributed by atoms with E-state index in [1.807, 2.05) is 90.0 Å². The van der Waals surface area contributed by atoms with Crippen molar-refractivity contribution >= 4 is 35.1 Å². The highest BCUT2D eigenvalue weighted by Gasteiger charge is 2.16. The van der Waals surface area contributed by atoms with E-state index in [0.717, 1.165) is 63.7 Å². The quantitative estimate of drug-likeness (QED) is 0.0705. The summed E-state index contributed by atoms with van der Waals surface area (Å²) in [6.45, 7) is 0. The molecule has 6 aromatic rings. The Hall–Kier alpha value is -4.87. The Kier molecular flexibility index (Phi) is 12.2. The molecule has 0 radical (unpaired) electrons. The number of Topliss-reactive ketones (excluding diaryl/α,β-unsaturated/α-hetero) is 2. The third-order valence-corrected chi connectivity index (χ3v) is 10.8. The number of aromatic nitrogens is 6. The zero-order valence-corrected chi connectivity index (χ0v) is 30.3. The fourth-order valence-corrected chi connectivity index (χ4v) is 7.51. The zero-order chi connectivity index (χ0) is 35.6. The van der Waals surface area contributed by atoms with E-state index in [1.165, 1.54) is 60.0 Å². The summed E-state index contributed by atoms with van der Waals surface area (Å²) >= 11 is 3.02. The number of carbonyl (C=O) groups excluding carboxylic acids is 2. The van der Waals surface area contributed by atoms with Crippen molar-refractivity contribution in [3.8, 4) is 22.8 Å². The summed E-state index contributed by atoms with van der Waals surface area (Å²) < 4.78 is 16.8. The smallest absolute Gasteiger partial charge is 0.191 e. The van der Waals surface area contributed by atoms with Crippen LogP contribution in [0.4, 0.5) is 4.39 Å². The van der Waals surface area contributed by atoms with E-state index in [9.17, 15) is 14.0 Å². The van der Waals surface area contributed by atoms with Gasteiger partial charge in [-0.05, 0) is 73.6 Å². The summed E-state index contributed by atoms with van der Waals surface area (Å²) in [4.78, 5) is 24.7. The lowest BCUT2D eigenvalue weighted by atomic mass is 9.90. The number of rotatable bonds is 12. The van der Waals surface area contributed by atoms with Crippen LogP contribution in [0, 0.1) is 5.82 Å². The molecule has 0 amide bonds. The van der Waals surface area contributed by atoms with Gasteiger partial charge < -0.3 is 9.13 Å². The molecule has 0 saturated carbocycles. The highest BCUT2D eigenvalue weighted by Crippen LogP contribution is 2.26. The maximum Gasteiger partial charge on any atom is 0.191 e. The first-order valence-electron chi connectivity index (χ1n) is 17.0. The molecule has 260 valence electrons. The Labute approximate surface area is 305 Å². The summed E-state index contributed by atoms with van der Waals surface area (Å²) in [6, 6.07) is 31.7. The number of nitrogens with zero attached hydrogens (tertiary/aromatic N) is 6. The van der Waals surface area contributed by atoms with Gasteiger partial charge in [0.15, 0.2) is 33.5 Å². The molecule has 8 nitrogen and oxygen atoms in total. The number of ketones is 2. The van der Waals surface area contributed by atoms with Gasteiger partial charge in [-0.1, -0.05) is 96.3 Å². The van der Waals surface area contributed by atoms with Crippen molar-refractivity contribution in [2.45, 2.75) is 48.8 Å². The molecular weight excluding hydrogens is 680 g/mol. The molecule has 0 N–H and O–H groups in total. The first-order valence-corrected chi connectivity index (χ1v) is 18.9. The molecule has 0 unspecified atom stereocenters. The van der Waals surface area contributed by atoms with E-state index in [-0.39, 0.29) is 17.4 Å². The van der Waals surface area contributed by atoms with Gasteiger partial charge in [-0.2, -0.15) is 0 Å². The molecular formula is C40H39FN6O2S2. The third-order valence-electron chi connectivity index (χ3n) is 8.68. The Balaban J connectivity index is 0.000000176. The Bertz CT molecular complexity index is 2080. The number of benzene rings is 4. The Morgan fingerprint density at radius 1 is 0.647 bits per heavy atom. The van der Waals surface area contributed by atoms with Gasteiger partial charge in [0.05, 0.1) is 5.75 Å².